The quantitative estimate of drug-likeness (QED) is 0.638. The fourth-order valence-corrected chi connectivity index (χ4v) is 2.91. The van der Waals surface area contributed by atoms with Crippen molar-refractivity contribution in [2.24, 2.45) is 0 Å². The van der Waals surface area contributed by atoms with Crippen molar-refractivity contribution in [1.82, 2.24) is 9.78 Å². The number of rotatable bonds is 4. The average Bonchev–Trinajstić information content (AvgIpc) is 2.73. The molecule has 3 rings (SSSR count). The van der Waals surface area contributed by atoms with E-state index in [0.29, 0.717) is 0 Å². The minimum atomic E-state index is -4.67. The molecule has 3 aromatic rings. The van der Waals surface area contributed by atoms with Crippen LogP contribution in [0.5, 0.6) is 0 Å². The molecule has 0 unspecified atom stereocenters. The first-order valence-corrected chi connectivity index (χ1v) is 8.89. The highest BCUT2D eigenvalue weighted by Crippen LogP contribution is 2.33. The molecule has 0 aliphatic carbocycles. The van der Waals surface area contributed by atoms with Crippen molar-refractivity contribution in [3.63, 3.8) is 0 Å². The van der Waals surface area contributed by atoms with Gasteiger partial charge in [0.1, 0.15) is 0 Å². The molecule has 1 amide bonds. The number of nitrogens with zero attached hydrogens (tertiary/aromatic N) is 2. The number of anilines is 1. The Labute approximate surface area is 174 Å². The van der Waals surface area contributed by atoms with Crippen LogP contribution in [0.4, 0.5) is 18.9 Å². The summed E-state index contributed by atoms with van der Waals surface area (Å²) in [5.41, 5.74) is -2.54. The molecule has 0 aliphatic rings. The fraction of sp³-hybridized carbons (Fsp3) is 0.143. The number of alkyl halides is 3. The third kappa shape index (κ3) is 4.47. The first-order chi connectivity index (χ1) is 14.6. The van der Waals surface area contributed by atoms with Gasteiger partial charge < -0.3 is 10.1 Å². The van der Waals surface area contributed by atoms with Crippen molar-refractivity contribution in [2.75, 3.05) is 12.4 Å². The highest BCUT2D eigenvalue weighted by atomic mass is 19.4. The lowest BCUT2D eigenvalue weighted by atomic mass is 10.1. The van der Waals surface area contributed by atoms with Crippen LogP contribution >= 0.6 is 0 Å². The second-order valence-corrected chi connectivity index (χ2v) is 6.42. The molecule has 10 heteroatoms. The van der Waals surface area contributed by atoms with Crippen LogP contribution in [0.2, 0.25) is 0 Å². The molecule has 2 aromatic carbocycles. The molecule has 1 aromatic heterocycles. The summed E-state index contributed by atoms with van der Waals surface area (Å²) in [6.45, 7) is 1.40. The predicted molar refractivity (Wildman–Crippen MR) is 105 cm³/mol. The molecule has 0 aliphatic heterocycles. The number of esters is 1. The number of para-hydroxylation sites is 2. The number of ether oxygens (including phenoxy) is 1. The van der Waals surface area contributed by atoms with Crippen molar-refractivity contribution in [1.29, 1.82) is 0 Å². The highest BCUT2D eigenvalue weighted by Gasteiger charge is 2.34. The number of amides is 1. The second-order valence-electron chi connectivity index (χ2n) is 6.42. The average molecular weight is 431 g/mol. The minimum Gasteiger partial charge on any atom is -0.465 e. The predicted octanol–water partition coefficient (Wildman–Crippen LogP) is 3.60. The summed E-state index contributed by atoms with van der Waals surface area (Å²) in [6, 6.07) is 11.6. The van der Waals surface area contributed by atoms with E-state index < -0.39 is 34.7 Å². The van der Waals surface area contributed by atoms with E-state index in [4.69, 9.17) is 0 Å². The van der Waals surface area contributed by atoms with Gasteiger partial charge in [0, 0.05) is 11.8 Å². The van der Waals surface area contributed by atoms with Crippen LogP contribution in [0.25, 0.3) is 5.69 Å². The van der Waals surface area contributed by atoms with Crippen LogP contribution in [0.1, 0.15) is 32.1 Å². The summed E-state index contributed by atoms with van der Waals surface area (Å²) in [7, 11) is 1.17. The van der Waals surface area contributed by atoms with E-state index in [9.17, 15) is 27.6 Å². The van der Waals surface area contributed by atoms with Gasteiger partial charge in [-0.1, -0.05) is 24.3 Å². The SMILES string of the molecule is COC(=O)c1ccccc1NC(=O)c1nn(-c2ccccc2C(F)(F)F)c(C)cc1=O. The molecule has 0 spiro atoms. The Hall–Kier alpha value is -3.95. The maximum atomic E-state index is 13.4. The van der Waals surface area contributed by atoms with Gasteiger partial charge in [0.15, 0.2) is 5.69 Å². The Morgan fingerprint density at radius 1 is 1.06 bits per heavy atom. The van der Waals surface area contributed by atoms with Gasteiger partial charge in [0.05, 0.1) is 29.6 Å². The molecule has 0 bridgehead atoms. The topological polar surface area (TPSA) is 90.3 Å². The summed E-state index contributed by atoms with van der Waals surface area (Å²) >= 11 is 0. The highest BCUT2D eigenvalue weighted by molar-refractivity contribution is 6.06. The van der Waals surface area contributed by atoms with Crippen molar-refractivity contribution >= 4 is 17.6 Å². The first kappa shape index (κ1) is 21.8. The number of carbonyl (C=O) groups is 2. The normalized spacial score (nSPS) is 11.1. The zero-order valence-corrected chi connectivity index (χ0v) is 16.4. The maximum Gasteiger partial charge on any atom is 0.418 e. The van der Waals surface area contributed by atoms with Crippen molar-refractivity contribution in [2.45, 2.75) is 13.1 Å². The molecular weight excluding hydrogens is 415 g/mol. The Balaban J connectivity index is 2.07. The van der Waals surface area contributed by atoms with E-state index in [1.807, 2.05) is 0 Å². The van der Waals surface area contributed by atoms with E-state index in [0.717, 1.165) is 16.8 Å². The monoisotopic (exact) mass is 431 g/mol. The third-order valence-corrected chi connectivity index (χ3v) is 4.34. The zero-order chi connectivity index (χ0) is 22.8. The third-order valence-electron chi connectivity index (χ3n) is 4.34. The standard InChI is InChI=1S/C21H16F3N3O4/c1-12-11-17(28)18(19(29)25-15-9-5-3-7-13(15)20(30)31-2)26-27(12)16-10-6-4-8-14(16)21(22,23)24/h3-11H,1-2H3,(H,25,29). The van der Waals surface area contributed by atoms with E-state index in [-0.39, 0.29) is 22.6 Å². The molecule has 1 heterocycles. The zero-order valence-electron chi connectivity index (χ0n) is 16.4. The number of nitrogens with one attached hydrogen (secondary N) is 1. The maximum absolute atomic E-state index is 13.4. The number of methoxy groups -OCH3 is 1. The van der Waals surface area contributed by atoms with Gasteiger partial charge in [-0.15, -0.1) is 0 Å². The number of hydrogen-bond acceptors (Lipinski definition) is 5. The lowest BCUT2D eigenvalue weighted by molar-refractivity contribution is -0.137. The van der Waals surface area contributed by atoms with Crippen LogP contribution in [0.3, 0.4) is 0 Å². The van der Waals surface area contributed by atoms with Gasteiger partial charge in [-0.3, -0.25) is 9.59 Å². The van der Waals surface area contributed by atoms with Crippen LogP contribution in [-0.2, 0) is 10.9 Å². The van der Waals surface area contributed by atoms with Crippen molar-refractivity contribution in [3.05, 3.63) is 87.3 Å². The smallest absolute Gasteiger partial charge is 0.418 e. The molecular formula is C21H16F3N3O4. The van der Waals surface area contributed by atoms with E-state index in [2.05, 4.69) is 15.2 Å². The molecule has 0 saturated carbocycles. The summed E-state index contributed by atoms with van der Waals surface area (Å²) in [4.78, 5) is 36.9. The largest absolute Gasteiger partial charge is 0.465 e. The Kier molecular flexibility index (Phi) is 5.91. The summed E-state index contributed by atoms with van der Waals surface area (Å²) in [5.74, 6) is -1.70. The molecule has 0 saturated heterocycles. The van der Waals surface area contributed by atoms with Gasteiger partial charge >= 0.3 is 12.1 Å². The number of hydrogen-bond donors (Lipinski definition) is 1. The number of aromatic nitrogens is 2. The Bertz CT molecular complexity index is 1220. The molecule has 1 N–H and O–H groups in total. The molecule has 0 fully saturated rings. The number of benzene rings is 2. The van der Waals surface area contributed by atoms with Gasteiger partial charge in [-0.05, 0) is 31.2 Å². The lowest BCUT2D eigenvalue weighted by Gasteiger charge is -2.17. The van der Waals surface area contributed by atoms with Crippen LogP contribution in [0, 0.1) is 6.92 Å². The lowest BCUT2D eigenvalue weighted by Crippen LogP contribution is -2.28. The number of halogens is 3. The first-order valence-electron chi connectivity index (χ1n) is 8.89. The number of aryl methyl sites for hydroxylation is 1. The minimum absolute atomic E-state index is 0.0354. The van der Waals surface area contributed by atoms with Gasteiger partial charge in [-0.25, -0.2) is 9.48 Å². The van der Waals surface area contributed by atoms with Crippen molar-refractivity contribution in [3.8, 4) is 5.69 Å². The second kappa shape index (κ2) is 8.42. The van der Waals surface area contributed by atoms with Crippen LogP contribution in [-0.4, -0.2) is 28.8 Å². The molecule has 0 atom stereocenters. The summed E-state index contributed by atoms with van der Waals surface area (Å²) in [5, 5.41) is 6.27. The Morgan fingerprint density at radius 3 is 2.39 bits per heavy atom. The molecule has 0 radical (unpaired) electrons. The van der Waals surface area contributed by atoms with Crippen molar-refractivity contribution < 1.29 is 27.5 Å². The van der Waals surface area contributed by atoms with Gasteiger partial charge in [0.2, 0.25) is 5.43 Å². The van der Waals surface area contributed by atoms with Crippen LogP contribution in [0.15, 0.2) is 59.4 Å². The fourth-order valence-electron chi connectivity index (χ4n) is 2.91. The van der Waals surface area contributed by atoms with Gasteiger partial charge in [0.25, 0.3) is 5.91 Å². The molecule has 31 heavy (non-hydrogen) atoms. The number of carbonyl (C=O) groups excluding carboxylic acids is 2. The summed E-state index contributed by atoms with van der Waals surface area (Å²) < 4.78 is 45.8. The van der Waals surface area contributed by atoms with E-state index in [1.54, 1.807) is 12.1 Å². The summed E-state index contributed by atoms with van der Waals surface area (Å²) in [6.07, 6.45) is -4.67. The van der Waals surface area contributed by atoms with Gasteiger partial charge in [-0.2, -0.15) is 18.3 Å². The molecule has 160 valence electrons. The molecule has 7 nitrogen and oxygen atoms in total. The Morgan fingerprint density at radius 2 is 1.71 bits per heavy atom. The van der Waals surface area contributed by atoms with Crippen LogP contribution < -0.4 is 10.7 Å². The van der Waals surface area contributed by atoms with E-state index >= 15 is 0 Å². The van der Waals surface area contributed by atoms with E-state index in [1.165, 1.54) is 44.4 Å².